The molecule has 7 heteroatoms. The quantitative estimate of drug-likeness (QED) is 0.681. The van der Waals surface area contributed by atoms with Crippen LogP contribution < -0.4 is 9.47 Å². The van der Waals surface area contributed by atoms with Crippen molar-refractivity contribution in [1.29, 1.82) is 0 Å². The molecule has 1 aromatic heterocycles. The van der Waals surface area contributed by atoms with Crippen LogP contribution in [0.1, 0.15) is 36.6 Å². The lowest BCUT2D eigenvalue weighted by atomic mass is 9.86. The van der Waals surface area contributed by atoms with Crippen LogP contribution in [-0.4, -0.2) is 52.9 Å². The summed E-state index contributed by atoms with van der Waals surface area (Å²) >= 11 is 0. The van der Waals surface area contributed by atoms with Crippen LogP contribution >= 0.6 is 0 Å². The third-order valence-corrected chi connectivity index (χ3v) is 5.07. The fourth-order valence-electron chi connectivity index (χ4n) is 3.77. The Labute approximate surface area is 180 Å². The number of fused-ring (bicyclic) bond motifs is 5. The molecule has 7 nitrogen and oxygen atoms in total. The van der Waals surface area contributed by atoms with E-state index in [4.69, 9.17) is 21.8 Å². The zero-order valence-corrected chi connectivity index (χ0v) is 14.9. The van der Waals surface area contributed by atoms with E-state index in [1.54, 1.807) is 18.2 Å². The van der Waals surface area contributed by atoms with Crippen molar-refractivity contribution in [3.05, 3.63) is 59.2 Å². The smallest absolute Gasteiger partial charge is 0.245 e. The number of aromatic nitrogens is 1. The van der Waals surface area contributed by atoms with Gasteiger partial charge in [-0.15, -0.1) is 0 Å². The second-order valence-electron chi connectivity index (χ2n) is 6.72. The van der Waals surface area contributed by atoms with Gasteiger partial charge in [-0.25, -0.2) is 0 Å². The fraction of sp³-hybridized carbons (Fsp3) is 0.273. The lowest BCUT2D eigenvalue weighted by Crippen LogP contribution is -2.62. The van der Waals surface area contributed by atoms with Gasteiger partial charge in [0.2, 0.25) is 18.6 Å². The molecule has 1 N–H and O–H groups in total. The Hall–Kier alpha value is -3.48. The lowest BCUT2D eigenvalue weighted by molar-refractivity contribution is -0.157. The van der Waals surface area contributed by atoms with Gasteiger partial charge in [-0.2, -0.15) is 0 Å². The minimum Gasteiger partial charge on any atom is -0.454 e. The molecule has 6 rings (SSSR count). The van der Waals surface area contributed by atoms with E-state index in [0.29, 0.717) is 15.3 Å². The van der Waals surface area contributed by atoms with E-state index in [2.05, 4.69) is 4.98 Å². The van der Waals surface area contributed by atoms with Crippen molar-refractivity contribution < 1.29 is 32.8 Å². The normalized spacial score (nSPS) is 35.6. The number of amides is 2. The van der Waals surface area contributed by atoms with Gasteiger partial charge in [0.15, 0.2) is 11.5 Å². The summed E-state index contributed by atoms with van der Waals surface area (Å²) in [6.45, 7) is -5.80. The average Bonchev–Trinajstić information content (AvgIpc) is 3.41. The number of nitrogens with zero attached hydrogens (tertiary/aromatic N) is 2. The fourth-order valence-corrected chi connectivity index (χ4v) is 3.77. The number of carbonyl (C=O) groups is 2. The Balaban J connectivity index is 1.77. The highest BCUT2D eigenvalue weighted by atomic mass is 16.7. The van der Waals surface area contributed by atoms with E-state index in [0.717, 1.165) is 7.05 Å². The average molecular weight is 399 g/mol. The SMILES string of the molecule is [2H]c1c([2H])c(C2c3[nH]c4ccccc4c3C([2H])([2H])[C@]3([2H])C(=O)N(C)C([2H])([2H])C(=O)N23)c([2H])c2c1OC([2H])([2H])O2. The number of ether oxygens (including phenoxy) is 2. The van der Waals surface area contributed by atoms with Crippen LogP contribution in [0.5, 0.6) is 11.5 Å². The Morgan fingerprint density at radius 1 is 1.24 bits per heavy atom. The van der Waals surface area contributed by atoms with Crippen molar-refractivity contribution in [3.8, 4) is 11.5 Å². The van der Waals surface area contributed by atoms with Crippen LogP contribution in [0, 0.1) is 0 Å². The number of likely N-dealkylation sites (N-methyl/N-ethyl adjacent to an activating group) is 1. The third-order valence-electron chi connectivity index (χ3n) is 5.07. The van der Waals surface area contributed by atoms with Gasteiger partial charge in [-0.05, 0) is 29.3 Å². The van der Waals surface area contributed by atoms with Crippen LogP contribution in [0.4, 0.5) is 0 Å². The molecule has 0 aliphatic carbocycles. The topological polar surface area (TPSA) is 74.9 Å². The lowest BCUT2D eigenvalue weighted by Gasteiger charge is -2.46. The molecule has 2 aromatic carbocycles. The summed E-state index contributed by atoms with van der Waals surface area (Å²) in [5, 5.41) is 0.256. The van der Waals surface area contributed by atoms with E-state index in [1.807, 2.05) is 0 Å². The molecule has 0 radical (unpaired) electrons. The predicted octanol–water partition coefficient (Wildman–Crippen LogP) is 2.21. The summed E-state index contributed by atoms with van der Waals surface area (Å²) in [6.07, 6.45) is -2.92. The van der Waals surface area contributed by atoms with E-state index in [-0.39, 0.29) is 16.6 Å². The van der Waals surface area contributed by atoms with Gasteiger partial charge in [-0.1, -0.05) is 24.2 Å². The van der Waals surface area contributed by atoms with E-state index < -0.39 is 78.7 Å². The van der Waals surface area contributed by atoms with Crippen LogP contribution in [0.3, 0.4) is 0 Å². The van der Waals surface area contributed by atoms with Gasteiger partial charge < -0.3 is 24.3 Å². The van der Waals surface area contributed by atoms with Crippen molar-refractivity contribution in [3.63, 3.8) is 0 Å². The predicted molar refractivity (Wildman–Crippen MR) is 105 cm³/mol. The molecule has 1 fully saturated rings. The number of hydrogen-bond acceptors (Lipinski definition) is 4. The highest BCUT2D eigenvalue weighted by Gasteiger charge is 2.47. The molecule has 0 bridgehead atoms. The first-order valence-corrected chi connectivity index (χ1v) is 8.73. The first-order valence-electron chi connectivity index (χ1n) is 13.7. The summed E-state index contributed by atoms with van der Waals surface area (Å²) in [4.78, 5) is 31.1. The molecule has 0 spiro atoms. The molecule has 1 saturated heterocycles. The summed E-state index contributed by atoms with van der Waals surface area (Å²) in [6, 6.07) is -0.710. The van der Waals surface area contributed by atoms with E-state index >= 15 is 0 Å². The molecule has 3 aliphatic rings. The van der Waals surface area contributed by atoms with Crippen molar-refractivity contribution in [2.75, 3.05) is 20.3 Å². The van der Waals surface area contributed by atoms with Gasteiger partial charge in [0, 0.05) is 32.8 Å². The maximum absolute atomic E-state index is 13.8. The standard InChI is InChI=1S/C22H19N3O4/c1-24-10-19(26)25-16(22(24)27)9-14-13-4-2-3-5-15(13)23-20(14)21(25)12-6-7-17-18(8-12)29-11-28-17/h2-8,16,21,23H,9-11H2,1H3/t16-,21?/m1/s1/i6D,7D,8D,9D2,10D2,11D2,16D. The summed E-state index contributed by atoms with van der Waals surface area (Å²) in [7, 11) is 0.945. The first kappa shape index (κ1) is 9.35. The number of nitrogens with one attached hydrogen (secondary N) is 1. The van der Waals surface area contributed by atoms with Crippen LogP contribution in [0.15, 0.2) is 42.4 Å². The largest absolute Gasteiger partial charge is 0.454 e. The third kappa shape index (κ3) is 2.24. The van der Waals surface area contributed by atoms with Gasteiger partial charge >= 0.3 is 0 Å². The summed E-state index contributed by atoms with van der Waals surface area (Å²) in [5.41, 5.74) is -0.489. The number of aromatic amines is 1. The number of piperazine rings is 1. The monoisotopic (exact) mass is 399 g/mol. The molecule has 29 heavy (non-hydrogen) atoms. The van der Waals surface area contributed by atoms with Crippen LogP contribution in [0.25, 0.3) is 10.9 Å². The maximum atomic E-state index is 13.8. The highest BCUT2D eigenvalue weighted by Crippen LogP contribution is 2.44. The number of hydrogen-bond donors (Lipinski definition) is 1. The number of rotatable bonds is 1. The zero-order valence-electron chi connectivity index (χ0n) is 24.9. The van der Waals surface area contributed by atoms with Crippen LogP contribution in [0.2, 0.25) is 0 Å². The van der Waals surface area contributed by atoms with Gasteiger partial charge in [0.25, 0.3) is 0 Å². The van der Waals surface area contributed by atoms with Crippen molar-refractivity contribution in [2.24, 2.45) is 0 Å². The number of para-hydroxylation sites is 1. The first-order chi connectivity index (χ1) is 18.0. The second kappa shape index (κ2) is 5.76. The van der Waals surface area contributed by atoms with Crippen molar-refractivity contribution in [1.82, 2.24) is 14.8 Å². The van der Waals surface area contributed by atoms with Gasteiger partial charge in [-0.3, -0.25) is 9.59 Å². The van der Waals surface area contributed by atoms with E-state index in [1.165, 1.54) is 6.07 Å². The van der Waals surface area contributed by atoms with E-state index in [9.17, 15) is 11.0 Å². The highest BCUT2D eigenvalue weighted by molar-refractivity contribution is 5.97. The zero-order chi connectivity index (χ0) is 28.6. The second-order valence-corrected chi connectivity index (χ2v) is 6.72. The molecular weight excluding hydrogens is 370 g/mol. The molecular formula is C22H19N3O4. The van der Waals surface area contributed by atoms with Gasteiger partial charge in [0.1, 0.15) is 8.76 Å². The Morgan fingerprint density at radius 2 is 2.07 bits per heavy atom. The number of benzene rings is 2. The Morgan fingerprint density at radius 3 is 2.97 bits per heavy atom. The minimum absolute atomic E-state index is 0.131. The molecule has 4 heterocycles. The molecule has 146 valence electrons. The Bertz CT molecular complexity index is 1640. The number of H-pyrrole nitrogens is 1. The number of carbonyl (C=O) groups excluding carboxylic acids is 2. The molecule has 2 amide bonds. The van der Waals surface area contributed by atoms with Gasteiger partial charge in [0.05, 0.1) is 20.8 Å². The van der Waals surface area contributed by atoms with Crippen molar-refractivity contribution in [2.45, 2.75) is 18.4 Å². The molecule has 3 aliphatic heterocycles. The summed E-state index contributed by atoms with van der Waals surface area (Å²) < 4.78 is 95.4. The maximum Gasteiger partial charge on any atom is 0.245 e. The molecule has 0 saturated carbocycles. The molecule has 3 aromatic rings. The minimum atomic E-state index is -3.10. The molecule has 2 atom stereocenters. The van der Waals surface area contributed by atoms with Crippen LogP contribution in [-0.2, 0) is 16.0 Å². The molecule has 1 unspecified atom stereocenters. The van der Waals surface area contributed by atoms with Crippen molar-refractivity contribution >= 4 is 22.7 Å². The Kier molecular flexibility index (Phi) is 1.86. The summed E-state index contributed by atoms with van der Waals surface area (Å²) in [5.74, 6) is -3.95.